The van der Waals surface area contributed by atoms with E-state index in [9.17, 15) is 18.0 Å². The highest BCUT2D eigenvalue weighted by Gasteiger charge is 2.25. The van der Waals surface area contributed by atoms with Crippen molar-refractivity contribution < 1.29 is 22.7 Å². The molecule has 0 fully saturated rings. The van der Waals surface area contributed by atoms with Crippen LogP contribution in [0.1, 0.15) is 18.9 Å². The number of hydrogen-bond donors (Lipinski definition) is 0. The molecule has 1 aromatic carbocycles. The van der Waals surface area contributed by atoms with Crippen LogP contribution in [0.15, 0.2) is 23.1 Å². The summed E-state index contributed by atoms with van der Waals surface area (Å²) >= 11 is 1.22. The van der Waals surface area contributed by atoms with Crippen molar-refractivity contribution in [2.75, 3.05) is 43.7 Å². The molecule has 1 heterocycles. The summed E-state index contributed by atoms with van der Waals surface area (Å²) in [6.07, 6.45) is 1.50. The van der Waals surface area contributed by atoms with Gasteiger partial charge in [-0.15, -0.1) is 11.8 Å². The Balaban J connectivity index is 2.11. The number of anilines is 1. The van der Waals surface area contributed by atoms with Crippen molar-refractivity contribution in [2.45, 2.75) is 24.7 Å². The number of aryl methyl sites for hydroxylation is 1. The second kappa shape index (κ2) is 8.88. The first-order valence-corrected chi connectivity index (χ1v) is 11.0. The van der Waals surface area contributed by atoms with E-state index in [1.54, 1.807) is 24.0 Å². The highest BCUT2D eigenvalue weighted by Crippen LogP contribution is 2.30. The van der Waals surface area contributed by atoms with Crippen LogP contribution in [0.4, 0.5) is 5.69 Å². The number of rotatable bonds is 7. The summed E-state index contributed by atoms with van der Waals surface area (Å²) in [5.74, 6) is -0.109. The zero-order chi connectivity index (χ0) is 19.3. The molecule has 144 valence electrons. The standard InChI is InChI=1S/C17H24N2O5S2/c1-4-24-17(21)12-25-11-16(20)19-9-5-6-13-10-14(7-8-15(13)19)26(22,23)18(2)3/h7-8,10H,4-6,9,11-12H2,1-3H3. The normalized spacial score (nSPS) is 14.2. The summed E-state index contributed by atoms with van der Waals surface area (Å²) < 4.78 is 30.6. The monoisotopic (exact) mass is 400 g/mol. The zero-order valence-electron chi connectivity index (χ0n) is 15.2. The third-order valence-corrected chi connectivity index (χ3v) is 6.70. The van der Waals surface area contributed by atoms with Gasteiger partial charge >= 0.3 is 5.97 Å². The van der Waals surface area contributed by atoms with Gasteiger partial charge in [0.05, 0.1) is 23.0 Å². The van der Waals surface area contributed by atoms with Gasteiger partial charge in [-0.25, -0.2) is 12.7 Å². The molecular weight excluding hydrogens is 376 g/mol. The third kappa shape index (κ3) is 4.77. The Hall–Kier alpha value is -1.58. The molecule has 1 amide bonds. The van der Waals surface area contributed by atoms with Gasteiger partial charge in [-0.3, -0.25) is 9.59 Å². The Bertz CT molecular complexity index is 777. The first kappa shape index (κ1) is 20.7. The molecule has 0 bridgehead atoms. The fourth-order valence-electron chi connectivity index (χ4n) is 2.71. The zero-order valence-corrected chi connectivity index (χ0v) is 16.9. The molecule has 0 spiro atoms. The number of amides is 1. The lowest BCUT2D eigenvalue weighted by molar-refractivity contribution is -0.139. The number of thioether (sulfide) groups is 1. The molecule has 0 aliphatic carbocycles. The second-order valence-corrected chi connectivity index (χ2v) is 9.16. The van der Waals surface area contributed by atoms with E-state index in [4.69, 9.17) is 4.74 Å². The van der Waals surface area contributed by atoms with Crippen molar-refractivity contribution in [3.8, 4) is 0 Å². The van der Waals surface area contributed by atoms with Gasteiger partial charge in [0.15, 0.2) is 0 Å². The maximum Gasteiger partial charge on any atom is 0.315 e. The molecule has 0 saturated carbocycles. The van der Waals surface area contributed by atoms with Crippen LogP contribution in [0.5, 0.6) is 0 Å². The summed E-state index contributed by atoms with van der Waals surface area (Å²) in [6.45, 7) is 2.65. The minimum atomic E-state index is -3.50. The molecule has 0 atom stereocenters. The topological polar surface area (TPSA) is 84.0 Å². The molecule has 0 aromatic heterocycles. The summed E-state index contributed by atoms with van der Waals surface area (Å²) in [5.41, 5.74) is 1.60. The number of benzene rings is 1. The Morgan fingerprint density at radius 3 is 2.65 bits per heavy atom. The fraction of sp³-hybridized carbons (Fsp3) is 0.529. The maximum absolute atomic E-state index is 12.5. The largest absolute Gasteiger partial charge is 0.465 e. The van der Waals surface area contributed by atoms with Crippen LogP contribution in [0, 0.1) is 0 Å². The minimum Gasteiger partial charge on any atom is -0.465 e. The van der Waals surface area contributed by atoms with Gasteiger partial charge in [0.25, 0.3) is 0 Å². The van der Waals surface area contributed by atoms with Crippen molar-refractivity contribution in [3.05, 3.63) is 23.8 Å². The van der Waals surface area contributed by atoms with Crippen molar-refractivity contribution in [3.63, 3.8) is 0 Å². The van der Waals surface area contributed by atoms with Crippen molar-refractivity contribution in [2.24, 2.45) is 0 Å². The van der Waals surface area contributed by atoms with Crippen LogP contribution in [0.3, 0.4) is 0 Å². The maximum atomic E-state index is 12.5. The van der Waals surface area contributed by atoms with E-state index < -0.39 is 10.0 Å². The lowest BCUT2D eigenvalue weighted by Crippen LogP contribution is -2.37. The van der Waals surface area contributed by atoms with Crippen LogP contribution >= 0.6 is 11.8 Å². The molecule has 7 nitrogen and oxygen atoms in total. The Kier molecular flexibility index (Phi) is 7.08. The van der Waals surface area contributed by atoms with Crippen molar-refractivity contribution in [1.29, 1.82) is 0 Å². The van der Waals surface area contributed by atoms with E-state index >= 15 is 0 Å². The molecule has 1 aliphatic rings. The van der Waals surface area contributed by atoms with Crippen LogP contribution in [-0.2, 0) is 30.8 Å². The predicted molar refractivity (Wildman–Crippen MR) is 102 cm³/mol. The number of carbonyl (C=O) groups excluding carboxylic acids is 2. The highest BCUT2D eigenvalue weighted by atomic mass is 32.2. The van der Waals surface area contributed by atoms with E-state index in [0.29, 0.717) is 13.2 Å². The summed E-state index contributed by atoms with van der Waals surface area (Å²) in [4.78, 5) is 25.8. The van der Waals surface area contributed by atoms with Crippen LogP contribution in [0.25, 0.3) is 0 Å². The SMILES string of the molecule is CCOC(=O)CSCC(=O)N1CCCc2cc(S(=O)(=O)N(C)C)ccc21. The van der Waals surface area contributed by atoms with E-state index in [0.717, 1.165) is 24.1 Å². The highest BCUT2D eigenvalue weighted by molar-refractivity contribution is 8.00. The molecule has 0 radical (unpaired) electrons. The van der Waals surface area contributed by atoms with Gasteiger partial charge < -0.3 is 9.64 Å². The van der Waals surface area contributed by atoms with Gasteiger partial charge in [0.2, 0.25) is 15.9 Å². The average molecular weight is 401 g/mol. The number of esters is 1. The molecule has 9 heteroatoms. The van der Waals surface area contributed by atoms with Gasteiger partial charge in [-0.2, -0.15) is 0 Å². The van der Waals surface area contributed by atoms with E-state index in [2.05, 4.69) is 0 Å². The second-order valence-electron chi connectivity index (χ2n) is 6.02. The van der Waals surface area contributed by atoms with Gasteiger partial charge in [-0.05, 0) is 43.5 Å². The molecule has 26 heavy (non-hydrogen) atoms. The summed E-state index contributed by atoms with van der Waals surface area (Å²) in [6, 6.07) is 4.88. The van der Waals surface area contributed by atoms with Gasteiger partial charge in [-0.1, -0.05) is 0 Å². The van der Waals surface area contributed by atoms with Gasteiger partial charge in [0, 0.05) is 26.3 Å². The number of ether oxygens (including phenoxy) is 1. The van der Waals surface area contributed by atoms with Crippen LogP contribution < -0.4 is 4.90 Å². The lowest BCUT2D eigenvalue weighted by atomic mass is 10.0. The van der Waals surface area contributed by atoms with Crippen molar-refractivity contribution in [1.82, 2.24) is 4.31 Å². The van der Waals surface area contributed by atoms with Gasteiger partial charge in [0.1, 0.15) is 0 Å². The Morgan fingerprint density at radius 2 is 2.00 bits per heavy atom. The van der Waals surface area contributed by atoms with E-state index in [1.165, 1.54) is 36.2 Å². The third-order valence-electron chi connectivity index (χ3n) is 4.00. The quantitative estimate of drug-likeness (QED) is 0.645. The Labute approximate surface area is 158 Å². The first-order chi connectivity index (χ1) is 12.3. The molecular formula is C17H24N2O5S2. The van der Waals surface area contributed by atoms with E-state index in [1.807, 2.05) is 0 Å². The number of sulfonamides is 1. The van der Waals surface area contributed by atoms with Crippen LogP contribution in [-0.4, -0.2) is 63.4 Å². The molecule has 2 rings (SSSR count). The van der Waals surface area contributed by atoms with E-state index in [-0.39, 0.29) is 28.3 Å². The summed E-state index contributed by atoms with van der Waals surface area (Å²) in [7, 11) is -0.520. The summed E-state index contributed by atoms with van der Waals surface area (Å²) in [5, 5.41) is 0. The molecule has 0 N–H and O–H groups in total. The number of carbonyl (C=O) groups is 2. The number of nitrogens with zero attached hydrogens (tertiary/aromatic N) is 2. The molecule has 0 unspecified atom stereocenters. The minimum absolute atomic E-state index is 0.0940. The van der Waals surface area contributed by atoms with Crippen molar-refractivity contribution >= 4 is 39.3 Å². The lowest BCUT2D eigenvalue weighted by Gasteiger charge is -2.30. The molecule has 0 saturated heterocycles. The fourth-order valence-corrected chi connectivity index (χ4v) is 4.34. The average Bonchev–Trinajstić information content (AvgIpc) is 2.60. The number of hydrogen-bond acceptors (Lipinski definition) is 6. The molecule has 1 aliphatic heterocycles. The predicted octanol–water partition coefficient (Wildman–Crippen LogP) is 1.51. The smallest absolute Gasteiger partial charge is 0.315 e. The van der Waals surface area contributed by atoms with Crippen LogP contribution in [0.2, 0.25) is 0 Å². The molecule has 1 aromatic rings. The first-order valence-electron chi connectivity index (χ1n) is 8.36. The Morgan fingerprint density at radius 1 is 1.27 bits per heavy atom. The number of fused-ring (bicyclic) bond motifs is 1.